The smallest absolute Gasteiger partial charge is 0.229 e. The summed E-state index contributed by atoms with van der Waals surface area (Å²) in [6.45, 7) is 3.95. The van der Waals surface area contributed by atoms with Crippen LogP contribution in [0.2, 0.25) is 0 Å². The fourth-order valence-electron chi connectivity index (χ4n) is 3.94. The molecular weight excluding hydrogens is 373 g/mol. The zero-order valence-corrected chi connectivity index (χ0v) is 16.3. The van der Waals surface area contributed by atoms with E-state index in [1.54, 1.807) is 23.1 Å². The lowest BCUT2D eigenvalue weighted by Crippen LogP contribution is -2.29. The largest absolute Gasteiger partial charge is 0.492 e. The maximum absolute atomic E-state index is 14.8. The van der Waals surface area contributed by atoms with E-state index in [9.17, 15) is 14.0 Å². The summed E-state index contributed by atoms with van der Waals surface area (Å²) >= 11 is 0. The van der Waals surface area contributed by atoms with Crippen LogP contribution in [0.15, 0.2) is 36.4 Å². The summed E-state index contributed by atoms with van der Waals surface area (Å²) in [4.78, 5) is 26.9. The van der Waals surface area contributed by atoms with Crippen molar-refractivity contribution >= 4 is 23.2 Å². The van der Waals surface area contributed by atoms with E-state index < -0.39 is 5.92 Å². The second-order valence-electron chi connectivity index (χ2n) is 7.29. The molecule has 0 aromatic heterocycles. The number of amides is 2. The minimum Gasteiger partial charge on any atom is -0.492 e. The maximum atomic E-state index is 14.8. The molecule has 6 nitrogen and oxygen atoms in total. The standard InChI is InChI=1S/C22H24FN3O3/c1-2-29-19-6-4-3-5-18(19)26-13-15(11-20(26)27)22(28)25-17-8-7-14-12-24-10-9-16(14)21(17)23/h3-8,15,24H,2,9-13H2,1H3,(H,25,28). The summed E-state index contributed by atoms with van der Waals surface area (Å²) in [6.07, 6.45) is 0.678. The third-order valence-corrected chi connectivity index (χ3v) is 5.42. The number of ether oxygens (including phenoxy) is 1. The van der Waals surface area contributed by atoms with E-state index >= 15 is 0 Å². The number of anilines is 2. The third kappa shape index (κ3) is 3.82. The molecule has 1 saturated heterocycles. The van der Waals surface area contributed by atoms with Gasteiger partial charge in [0.15, 0.2) is 0 Å². The van der Waals surface area contributed by atoms with Crippen molar-refractivity contribution < 1.29 is 18.7 Å². The molecule has 1 fully saturated rings. The van der Waals surface area contributed by atoms with Crippen LogP contribution in [0.4, 0.5) is 15.8 Å². The quantitative estimate of drug-likeness (QED) is 0.814. The zero-order valence-electron chi connectivity index (χ0n) is 16.3. The molecule has 0 radical (unpaired) electrons. The molecule has 2 aromatic rings. The van der Waals surface area contributed by atoms with Crippen molar-refractivity contribution in [3.8, 4) is 5.75 Å². The third-order valence-electron chi connectivity index (χ3n) is 5.42. The number of nitrogens with one attached hydrogen (secondary N) is 2. The van der Waals surface area contributed by atoms with Gasteiger partial charge in [-0.1, -0.05) is 18.2 Å². The van der Waals surface area contributed by atoms with Crippen molar-refractivity contribution in [3.63, 3.8) is 0 Å². The summed E-state index contributed by atoms with van der Waals surface area (Å²) < 4.78 is 20.4. The molecule has 2 aliphatic heterocycles. The predicted molar refractivity (Wildman–Crippen MR) is 109 cm³/mol. The Morgan fingerprint density at radius 1 is 1.31 bits per heavy atom. The van der Waals surface area contributed by atoms with Crippen LogP contribution in [0.3, 0.4) is 0 Å². The highest BCUT2D eigenvalue weighted by molar-refractivity contribution is 6.04. The van der Waals surface area contributed by atoms with Gasteiger partial charge in [0.05, 0.1) is 23.9 Å². The first-order chi connectivity index (χ1) is 14.1. The first-order valence-electron chi connectivity index (χ1n) is 9.92. The molecule has 29 heavy (non-hydrogen) atoms. The van der Waals surface area contributed by atoms with Gasteiger partial charge >= 0.3 is 0 Å². The molecule has 2 aliphatic rings. The topological polar surface area (TPSA) is 70.7 Å². The Labute approximate surface area is 169 Å². The summed E-state index contributed by atoms with van der Waals surface area (Å²) in [5, 5.41) is 5.89. The predicted octanol–water partition coefficient (Wildman–Crippen LogP) is 2.86. The highest BCUT2D eigenvalue weighted by Crippen LogP contribution is 2.33. The van der Waals surface area contributed by atoms with Crippen molar-refractivity contribution in [2.75, 3.05) is 29.9 Å². The average Bonchev–Trinajstić information content (AvgIpc) is 3.12. The van der Waals surface area contributed by atoms with E-state index in [1.165, 1.54) is 0 Å². The molecule has 0 saturated carbocycles. The number of rotatable bonds is 5. The van der Waals surface area contributed by atoms with Crippen LogP contribution in [0.25, 0.3) is 0 Å². The number of hydrogen-bond donors (Lipinski definition) is 2. The summed E-state index contributed by atoms with van der Waals surface area (Å²) in [6, 6.07) is 10.7. The number of carbonyl (C=O) groups excluding carboxylic acids is 2. The number of nitrogens with zero attached hydrogens (tertiary/aromatic N) is 1. The Hall–Kier alpha value is -2.93. The summed E-state index contributed by atoms with van der Waals surface area (Å²) in [5.41, 5.74) is 2.40. The van der Waals surface area contributed by atoms with Crippen LogP contribution in [0.5, 0.6) is 5.75 Å². The van der Waals surface area contributed by atoms with Crippen LogP contribution in [-0.4, -0.2) is 31.5 Å². The molecule has 1 unspecified atom stereocenters. The number of fused-ring (bicyclic) bond motifs is 1. The monoisotopic (exact) mass is 397 g/mol. The number of para-hydroxylation sites is 2. The van der Waals surface area contributed by atoms with Crippen LogP contribution in [-0.2, 0) is 22.6 Å². The maximum Gasteiger partial charge on any atom is 0.229 e. The van der Waals surface area contributed by atoms with E-state index in [1.807, 2.05) is 25.1 Å². The van der Waals surface area contributed by atoms with Gasteiger partial charge in [-0.3, -0.25) is 9.59 Å². The highest BCUT2D eigenvalue weighted by Gasteiger charge is 2.36. The van der Waals surface area contributed by atoms with Crippen molar-refractivity contribution in [3.05, 3.63) is 53.3 Å². The van der Waals surface area contributed by atoms with Gasteiger partial charge in [0.1, 0.15) is 11.6 Å². The Morgan fingerprint density at radius 3 is 2.97 bits per heavy atom. The van der Waals surface area contributed by atoms with Crippen molar-refractivity contribution in [2.45, 2.75) is 26.3 Å². The lowest BCUT2D eigenvalue weighted by atomic mass is 9.99. The van der Waals surface area contributed by atoms with E-state index in [2.05, 4.69) is 10.6 Å². The molecule has 0 bridgehead atoms. The molecule has 2 aromatic carbocycles. The Morgan fingerprint density at radius 2 is 2.14 bits per heavy atom. The summed E-state index contributed by atoms with van der Waals surface area (Å²) in [5.74, 6) is -0.801. The van der Waals surface area contributed by atoms with Crippen LogP contribution in [0.1, 0.15) is 24.5 Å². The van der Waals surface area contributed by atoms with E-state index in [-0.39, 0.29) is 36.3 Å². The number of halogens is 1. The van der Waals surface area contributed by atoms with Crippen LogP contribution >= 0.6 is 0 Å². The Balaban J connectivity index is 1.49. The SMILES string of the molecule is CCOc1ccccc1N1CC(C(=O)Nc2ccc3c(c2F)CCNC3)CC1=O. The van der Waals surface area contributed by atoms with Gasteiger partial charge in [0.25, 0.3) is 0 Å². The molecular formula is C22H24FN3O3. The minimum atomic E-state index is -0.547. The Kier molecular flexibility index (Phi) is 5.49. The highest BCUT2D eigenvalue weighted by atomic mass is 19.1. The second kappa shape index (κ2) is 8.21. The molecule has 2 heterocycles. The van der Waals surface area contributed by atoms with Gasteiger partial charge in [-0.15, -0.1) is 0 Å². The number of hydrogen-bond acceptors (Lipinski definition) is 4. The van der Waals surface area contributed by atoms with Crippen molar-refractivity contribution in [2.24, 2.45) is 5.92 Å². The Bertz CT molecular complexity index is 947. The van der Waals surface area contributed by atoms with Crippen LogP contribution in [0, 0.1) is 11.7 Å². The van der Waals surface area contributed by atoms with Gasteiger partial charge in [-0.2, -0.15) is 0 Å². The van der Waals surface area contributed by atoms with E-state index in [0.29, 0.717) is 43.1 Å². The molecule has 2 N–H and O–H groups in total. The van der Waals surface area contributed by atoms with Crippen molar-refractivity contribution in [1.29, 1.82) is 0 Å². The number of benzene rings is 2. The molecule has 1 atom stereocenters. The fraction of sp³-hybridized carbons (Fsp3) is 0.364. The van der Waals surface area contributed by atoms with Gasteiger partial charge in [-0.25, -0.2) is 4.39 Å². The number of carbonyl (C=O) groups is 2. The van der Waals surface area contributed by atoms with E-state index in [0.717, 1.165) is 5.56 Å². The second-order valence-corrected chi connectivity index (χ2v) is 7.29. The van der Waals surface area contributed by atoms with Gasteiger partial charge in [0, 0.05) is 19.5 Å². The first-order valence-corrected chi connectivity index (χ1v) is 9.92. The molecule has 4 rings (SSSR count). The van der Waals surface area contributed by atoms with Gasteiger partial charge in [-0.05, 0) is 49.2 Å². The normalized spacial score (nSPS) is 18.5. The van der Waals surface area contributed by atoms with Crippen LogP contribution < -0.4 is 20.3 Å². The lowest BCUT2D eigenvalue weighted by Gasteiger charge is -2.21. The van der Waals surface area contributed by atoms with Gasteiger partial charge < -0.3 is 20.3 Å². The molecule has 0 aliphatic carbocycles. The lowest BCUT2D eigenvalue weighted by molar-refractivity contribution is -0.122. The summed E-state index contributed by atoms with van der Waals surface area (Å²) in [7, 11) is 0. The zero-order chi connectivity index (χ0) is 20.4. The molecule has 7 heteroatoms. The first kappa shape index (κ1) is 19.4. The van der Waals surface area contributed by atoms with E-state index in [4.69, 9.17) is 4.74 Å². The van der Waals surface area contributed by atoms with Crippen molar-refractivity contribution in [1.82, 2.24) is 5.32 Å². The van der Waals surface area contributed by atoms with Gasteiger partial charge in [0.2, 0.25) is 11.8 Å². The minimum absolute atomic E-state index is 0.0861. The molecule has 0 spiro atoms. The molecule has 2 amide bonds. The fourth-order valence-corrected chi connectivity index (χ4v) is 3.94. The molecule has 152 valence electrons. The average molecular weight is 397 g/mol.